The van der Waals surface area contributed by atoms with Crippen LogP contribution in [0.2, 0.25) is 10.0 Å². The first-order valence-electron chi connectivity index (χ1n) is 4.15. The number of aromatic carboxylic acids is 1. The van der Waals surface area contributed by atoms with Gasteiger partial charge in [0, 0.05) is 5.02 Å². The zero-order valence-electron chi connectivity index (χ0n) is 7.66. The van der Waals surface area contributed by atoms with Crippen LogP contribution in [0.4, 0.5) is 0 Å². The molecule has 0 aliphatic heterocycles. The first-order valence-corrected chi connectivity index (χ1v) is 4.91. The van der Waals surface area contributed by atoms with Crippen LogP contribution < -0.4 is 5.63 Å². The van der Waals surface area contributed by atoms with Crippen LogP contribution in [0.5, 0.6) is 0 Å². The summed E-state index contributed by atoms with van der Waals surface area (Å²) in [4.78, 5) is 22.1. The Hall–Kier alpha value is -1.52. The second kappa shape index (κ2) is 3.81. The van der Waals surface area contributed by atoms with Gasteiger partial charge in [-0.15, -0.1) is 0 Å². The minimum atomic E-state index is -1.32. The molecule has 1 heterocycles. The molecule has 2 rings (SSSR count). The summed E-state index contributed by atoms with van der Waals surface area (Å²) in [5.74, 6) is -1.77. The van der Waals surface area contributed by atoms with E-state index in [1.165, 1.54) is 18.2 Å². The summed E-state index contributed by atoms with van der Waals surface area (Å²) in [6, 6.07) is 4.05. The number of fused-ring (bicyclic) bond motifs is 1. The van der Waals surface area contributed by atoms with Crippen molar-refractivity contribution in [1.82, 2.24) is 0 Å². The van der Waals surface area contributed by atoms with Crippen LogP contribution in [-0.2, 0) is 0 Å². The first kappa shape index (κ1) is 11.0. The topological polar surface area (TPSA) is 67.5 Å². The Morgan fingerprint density at radius 1 is 1.25 bits per heavy atom. The van der Waals surface area contributed by atoms with Crippen molar-refractivity contribution in [3.05, 3.63) is 44.4 Å². The lowest BCUT2D eigenvalue weighted by Crippen LogP contribution is -2.06. The van der Waals surface area contributed by atoms with Gasteiger partial charge in [0.2, 0.25) is 5.76 Å². The predicted molar refractivity (Wildman–Crippen MR) is 59.5 cm³/mol. The highest BCUT2D eigenvalue weighted by atomic mass is 35.5. The van der Waals surface area contributed by atoms with E-state index in [-0.39, 0.29) is 10.4 Å². The van der Waals surface area contributed by atoms with Gasteiger partial charge in [0.15, 0.2) is 0 Å². The fourth-order valence-electron chi connectivity index (χ4n) is 1.35. The van der Waals surface area contributed by atoms with Crippen molar-refractivity contribution in [2.45, 2.75) is 0 Å². The molecule has 6 heteroatoms. The van der Waals surface area contributed by atoms with Crippen LogP contribution in [0.15, 0.2) is 27.4 Å². The minimum Gasteiger partial charge on any atom is -0.475 e. The lowest BCUT2D eigenvalue weighted by Gasteiger charge is -2.01. The van der Waals surface area contributed by atoms with Gasteiger partial charge in [-0.25, -0.2) is 9.59 Å². The largest absolute Gasteiger partial charge is 0.475 e. The second-order valence-electron chi connectivity index (χ2n) is 3.06. The summed E-state index contributed by atoms with van der Waals surface area (Å²) in [5.41, 5.74) is -0.795. The third kappa shape index (κ3) is 1.77. The van der Waals surface area contributed by atoms with Gasteiger partial charge in [0.1, 0.15) is 0 Å². The molecule has 82 valence electrons. The highest BCUT2D eigenvalue weighted by Gasteiger charge is 2.13. The molecule has 16 heavy (non-hydrogen) atoms. The number of benzene rings is 1. The van der Waals surface area contributed by atoms with Crippen molar-refractivity contribution >= 4 is 39.9 Å². The maximum atomic E-state index is 11.5. The molecule has 0 saturated heterocycles. The number of rotatable bonds is 1. The molecule has 0 unspecified atom stereocenters. The van der Waals surface area contributed by atoms with Gasteiger partial charge in [-0.1, -0.05) is 23.2 Å². The summed E-state index contributed by atoms with van der Waals surface area (Å²) in [7, 11) is 0. The van der Waals surface area contributed by atoms with Gasteiger partial charge >= 0.3 is 11.6 Å². The number of hydrogen-bond donors (Lipinski definition) is 1. The molecule has 0 atom stereocenters. The van der Waals surface area contributed by atoms with Gasteiger partial charge < -0.3 is 9.52 Å². The summed E-state index contributed by atoms with van der Waals surface area (Å²) in [6.07, 6.45) is 0. The molecule has 0 spiro atoms. The Kier molecular flexibility index (Phi) is 2.61. The molecule has 4 nitrogen and oxygen atoms in total. The van der Waals surface area contributed by atoms with Gasteiger partial charge in [-0.2, -0.15) is 0 Å². The quantitative estimate of drug-likeness (QED) is 0.854. The molecule has 0 aliphatic carbocycles. The molecule has 1 N–H and O–H groups in total. The second-order valence-corrected chi connectivity index (χ2v) is 3.90. The Balaban J connectivity index is 2.93. The number of halogens is 2. The molecule has 2 aromatic rings. The van der Waals surface area contributed by atoms with Crippen molar-refractivity contribution in [1.29, 1.82) is 0 Å². The van der Waals surface area contributed by atoms with E-state index >= 15 is 0 Å². The van der Waals surface area contributed by atoms with E-state index in [1.807, 2.05) is 0 Å². The average Bonchev–Trinajstić information content (AvgIpc) is 2.15. The van der Waals surface area contributed by atoms with Crippen molar-refractivity contribution in [3.8, 4) is 0 Å². The van der Waals surface area contributed by atoms with Gasteiger partial charge in [0.05, 0.1) is 10.4 Å². The van der Waals surface area contributed by atoms with Crippen molar-refractivity contribution in [2.75, 3.05) is 0 Å². The normalized spacial score (nSPS) is 10.6. The van der Waals surface area contributed by atoms with Crippen LogP contribution in [0.3, 0.4) is 0 Å². The molecule has 1 aromatic heterocycles. The SMILES string of the molecule is O=C(O)c1cc2cc(Cl)cc(Cl)c2c(=O)o1. The molecule has 0 aliphatic rings. The average molecular weight is 259 g/mol. The number of hydrogen-bond acceptors (Lipinski definition) is 3. The van der Waals surface area contributed by atoms with E-state index in [1.54, 1.807) is 0 Å². The van der Waals surface area contributed by atoms with Crippen molar-refractivity contribution < 1.29 is 14.3 Å². The molecule has 0 saturated carbocycles. The zero-order chi connectivity index (χ0) is 11.9. The molecular formula is C10H4Cl2O4. The first-order chi connectivity index (χ1) is 7.49. The number of carboxylic acids is 1. The third-order valence-corrected chi connectivity index (χ3v) is 2.51. The van der Waals surface area contributed by atoms with Crippen LogP contribution in [0.1, 0.15) is 10.6 Å². The fraction of sp³-hybridized carbons (Fsp3) is 0. The lowest BCUT2D eigenvalue weighted by molar-refractivity contribution is 0.0658. The van der Waals surface area contributed by atoms with Crippen molar-refractivity contribution in [2.24, 2.45) is 0 Å². The van der Waals surface area contributed by atoms with E-state index in [4.69, 9.17) is 28.3 Å². The summed E-state index contributed by atoms with van der Waals surface area (Å²) < 4.78 is 4.59. The third-order valence-electron chi connectivity index (χ3n) is 1.99. The standard InChI is InChI=1S/C10H4Cl2O4/c11-5-1-4-2-7(9(13)14)16-10(15)8(4)6(12)3-5/h1-3H,(H,13,14). The number of carbonyl (C=O) groups is 1. The zero-order valence-corrected chi connectivity index (χ0v) is 9.17. The molecule has 0 amide bonds. The van der Waals surface area contributed by atoms with E-state index in [0.29, 0.717) is 10.4 Å². The Morgan fingerprint density at radius 2 is 1.94 bits per heavy atom. The van der Waals surface area contributed by atoms with Crippen LogP contribution in [0.25, 0.3) is 10.8 Å². The molecule has 0 radical (unpaired) electrons. The fourth-order valence-corrected chi connectivity index (χ4v) is 1.94. The van der Waals surface area contributed by atoms with E-state index < -0.39 is 17.4 Å². The Labute approximate surface area is 99.0 Å². The van der Waals surface area contributed by atoms with E-state index in [2.05, 4.69) is 4.42 Å². The summed E-state index contributed by atoms with van der Waals surface area (Å²) in [5, 5.41) is 9.62. The minimum absolute atomic E-state index is 0.121. The molecular weight excluding hydrogens is 255 g/mol. The smallest absolute Gasteiger partial charge is 0.371 e. The van der Waals surface area contributed by atoms with Gasteiger partial charge in [-0.05, 0) is 23.6 Å². The van der Waals surface area contributed by atoms with Gasteiger partial charge in [0.25, 0.3) is 0 Å². The van der Waals surface area contributed by atoms with Gasteiger partial charge in [-0.3, -0.25) is 0 Å². The lowest BCUT2D eigenvalue weighted by atomic mass is 10.1. The van der Waals surface area contributed by atoms with E-state index in [0.717, 1.165) is 0 Å². The number of carboxylic acid groups (broad SMARTS) is 1. The maximum Gasteiger partial charge on any atom is 0.371 e. The van der Waals surface area contributed by atoms with Crippen LogP contribution >= 0.6 is 23.2 Å². The summed E-state index contributed by atoms with van der Waals surface area (Å²) in [6.45, 7) is 0. The Bertz CT molecular complexity index is 645. The van der Waals surface area contributed by atoms with Crippen LogP contribution in [-0.4, -0.2) is 11.1 Å². The summed E-state index contributed by atoms with van der Waals surface area (Å²) >= 11 is 11.6. The molecule has 1 aromatic carbocycles. The highest BCUT2D eigenvalue weighted by molar-refractivity contribution is 6.38. The monoisotopic (exact) mass is 258 g/mol. The van der Waals surface area contributed by atoms with E-state index in [9.17, 15) is 9.59 Å². The molecule has 0 bridgehead atoms. The molecule has 0 fully saturated rings. The highest BCUT2D eigenvalue weighted by Crippen LogP contribution is 2.26. The Morgan fingerprint density at radius 3 is 2.56 bits per heavy atom. The van der Waals surface area contributed by atoms with Crippen LogP contribution in [0, 0.1) is 0 Å². The predicted octanol–water partition coefficient (Wildman–Crippen LogP) is 2.80. The van der Waals surface area contributed by atoms with Crippen molar-refractivity contribution in [3.63, 3.8) is 0 Å². The maximum absolute atomic E-state index is 11.5.